The number of benzene rings is 1. The number of methoxy groups -OCH3 is 1. The molecule has 3 aromatic rings. The maximum Gasteiger partial charge on any atom is 0.421 e. The number of anilines is 3. The van der Waals surface area contributed by atoms with Gasteiger partial charge in [0.25, 0.3) is 0 Å². The Balaban J connectivity index is 1.64. The molecule has 0 saturated carbocycles. The summed E-state index contributed by atoms with van der Waals surface area (Å²) >= 11 is 0. The summed E-state index contributed by atoms with van der Waals surface area (Å²) in [7, 11) is 2.70. The van der Waals surface area contributed by atoms with Gasteiger partial charge in [-0.3, -0.25) is 4.68 Å². The van der Waals surface area contributed by atoms with E-state index in [1.54, 1.807) is 17.1 Å². The largest absolute Gasteiger partial charge is 0.495 e. The number of ether oxygens (including phenoxy) is 2. The molecule has 31 heavy (non-hydrogen) atoms. The van der Waals surface area contributed by atoms with Crippen molar-refractivity contribution >= 4 is 17.5 Å². The van der Waals surface area contributed by atoms with Crippen LogP contribution in [0.1, 0.15) is 11.6 Å². The topological polar surface area (TPSA) is 86.1 Å². The summed E-state index contributed by atoms with van der Waals surface area (Å²) in [5, 5.41) is 9.33. The maximum absolute atomic E-state index is 14.9. The minimum Gasteiger partial charge on any atom is -0.495 e. The van der Waals surface area contributed by atoms with Gasteiger partial charge in [0.2, 0.25) is 5.95 Å². The number of halogens is 4. The zero-order chi connectivity index (χ0) is 22.2. The van der Waals surface area contributed by atoms with E-state index in [0.29, 0.717) is 25.0 Å². The molecule has 0 spiro atoms. The molecule has 1 aliphatic rings. The highest BCUT2D eigenvalue weighted by Crippen LogP contribution is 2.37. The van der Waals surface area contributed by atoms with E-state index < -0.39 is 23.4 Å². The second kappa shape index (κ2) is 8.02. The van der Waals surface area contributed by atoms with Crippen molar-refractivity contribution in [2.45, 2.75) is 12.2 Å². The van der Waals surface area contributed by atoms with Gasteiger partial charge in [-0.05, 0) is 6.07 Å². The predicted octanol–water partition coefficient (Wildman–Crippen LogP) is 3.86. The molecule has 0 bridgehead atoms. The molecule has 2 N–H and O–H groups in total. The molecule has 0 atom stereocenters. The fourth-order valence-corrected chi connectivity index (χ4v) is 3.05. The zero-order valence-corrected chi connectivity index (χ0v) is 16.5. The molecule has 1 aromatic carbocycles. The van der Waals surface area contributed by atoms with Gasteiger partial charge >= 0.3 is 6.18 Å². The lowest BCUT2D eigenvalue weighted by Crippen LogP contribution is -2.30. The first-order chi connectivity index (χ1) is 14.8. The number of rotatable bonds is 6. The van der Waals surface area contributed by atoms with Crippen molar-refractivity contribution in [3.8, 4) is 16.9 Å². The van der Waals surface area contributed by atoms with E-state index in [0.717, 1.165) is 6.07 Å². The van der Waals surface area contributed by atoms with E-state index in [2.05, 4.69) is 25.7 Å². The summed E-state index contributed by atoms with van der Waals surface area (Å²) in [5.41, 5.74) is -0.0380. The molecule has 3 heterocycles. The van der Waals surface area contributed by atoms with Gasteiger partial charge in [-0.15, -0.1) is 0 Å². The number of alkyl halides is 3. The van der Waals surface area contributed by atoms with Gasteiger partial charge in [0.15, 0.2) is 0 Å². The summed E-state index contributed by atoms with van der Waals surface area (Å²) in [5.74, 6) is -0.881. The Hall–Kier alpha value is -3.41. The second-order valence-electron chi connectivity index (χ2n) is 6.76. The van der Waals surface area contributed by atoms with Crippen LogP contribution in [0.15, 0.2) is 30.7 Å². The van der Waals surface area contributed by atoms with Gasteiger partial charge in [-0.1, -0.05) is 0 Å². The van der Waals surface area contributed by atoms with Gasteiger partial charge in [-0.25, -0.2) is 9.37 Å². The lowest BCUT2D eigenvalue weighted by atomic mass is 10.1. The first-order valence-electron chi connectivity index (χ1n) is 9.19. The van der Waals surface area contributed by atoms with Crippen LogP contribution in [-0.2, 0) is 10.9 Å². The predicted molar refractivity (Wildman–Crippen MR) is 104 cm³/mol. The van der Waals surface area contributed by atoms with Crippen molar-refractivity contribution in [2.75, 3.05) is 38.0 Å². The molecule has 164 valence electrons. The molecule has 0 unspecified atom stereocenters. The van der Waals surface area contributed by atoms with E-state index in [1.807, 2.05) is 0 Å². The number of aromatic nitrogens is 4. The van der Waals surface area contributed by atoms with E-state index in [4.69, 9.17) is 9.47 Å². The highest BCUT2D eigenvalue weighted by atomic mass is 19.4. The number of hydrogen-bond acceptors (Lipinski definition) is 7. The van der Waals surface area contributed by atoms with Crippen LogP contribution in [0.4, 0.5) is 35.0 Å². The van der Waals surface area contributed by atoms with Crippen molar-refractivity contribution in [1.82, 2.24) is 19.7 Å². The lowest BCUT2D eigenvalue weighted by molar-refractivity contribution is -0.137. The first kappa shape index (κ1) is 20.8. The monoisotopic (exact) mass is 438 g/mol. The first-order valence-corrected chi connectivity index (χ1v) is 9.19. The van der Waals surface area contributed by atoms with Crippen LogP contribution in [0.3, 0.4) is 0 Å². The Morgan fingerprint density at radius 1 is 1.23 bits per heavy atom. The Kier molecular flexibility index (Phi) is 5.39. The third-order valence-corrected chi connectivity index (χ3v) is 4.77. The zero-order valence-electron chi connectivity index (χ0n) is 16.5. The van der Waals surface area contributed by atoms with E-state index in [9.17, 15) is 17.6 Å². The van der Waals surface area contributed by atoms with Crippen molar-refractivity contribution in [2.24, 2.45) is 0 Å². The van der Waals surface area contributed by atoms with Crippen molar-refractivity contribution in [3.63, 3.8) is 0 Å². The molecule has 1 fully saturated rings. The summed E-state index contributed by atoms with van der Waals surface area (Å²) in [4.78, 5) is 7.51. The number of nitrogens with zero attached hydrogens (tertiary/aromatic N) is 4. The van der Waals surface area contributed by atoms with Crippen LogP contribution in [0.25, 0.3) is 11.1 Å². The van der Waals surface area contributed by atoms with Crippen molar-refractivity contribution < 1.29 is 27.0 Å². The molecule has 12 heteroatoms. The van der Waals surface area contributed by atoms with Crippen LogP contribution in [-0.4, -0.2) is 47.1 Å². The van der Waals surface area contributed by atoms with Crippen LogP contribution < -0.4 is 15.4 Å². The van der Waals surface area contributed by atoms with E-state index in [1.165, 1.54) is 20.2 Å². The fraction of sp³-hybridized carbons (Fsp3) is 0.316. The standard InChI is InChI=1S/C19H18F4N6O2/c1-24-17-13(19(21,22)23)6-25-18(28-17)27-15-4-14(20)12(3-16(15)30-2)10-5-26-29(7-10)11-8-31-9-11/h3-7,11H,8-9H2,1-2H3,(H2,24,25,27,28). The maximum atomic E-state index is 14.9. The average Bonchev–Trinajstić information content (AvgIpc) is 3.15. The molecular weight excluding hydrogens is 420 g/mol. The Bertz CT molecular complexity index is 1100. The highest BCUT2D eigenvalue weighted by Gasteiger charge is 2.35. The van der Waals surface area contributed by atoms with E-state index in [-0.39, 0.29) is 29.0 Å². The number of nitrogens with one attached hydrogen (secondary N) is 2. The van der Waals surface area contributed by atoms with Crippen LogP contribution in [0, 0.1) is 5.82 Å². The molecule has 2 aromatic heterocycles. The molecule has 0 amide bonds. The van der Waals surface area contributed by atoms with Gasteiger partial charge in [-0.2, -0.15) is 23.3 Å². The highest BCUT2D eigenvalue weighted by molar-refractivity contribution is 5.73. The third kappa shape index (κ3) is 4.10. The summed E-state index contributed by atoms with van der Waals surface area (Å²) in [6, 6.07) is 2.76. The van der Waals surface area contributed by atoms with Gasteiger partial charge < -0.3 is 20.1 Å². The Labute approximate surface area is 174 Å². The van der Waals surface area contributed by atoms with Gasteiger partial charge in [0, 0.05) is 36.6 Å². The third-order valence-electron chi connectivity index (χ3n) is 4.77. The summed E-state index contributed by atoms with van der Waals surface area (Å²) in [6.07, 6.45) is -0.701. The van der Waals surface area contributed by atoms with Crippen LogP contribution in [0.5, 0.6) is 5.75 Å². The minimum atomic E-state index is -4.61. The Morgan fingerprint density at radius 2 is 2.00 bits per heavy atom. The van der Waals surface area contributed by atoms with Crippen LogP contribution in [0.2, 0.25) is 0 Å². The summed E-state index contributed by atoms with van der Waals surface area (Å²) in [6.45, 7) is 1.11. The minimum absolute atomic E-state index is 0.123. The molecule has 1 aliphatic heterocycles. The SMILES string of the molecule is CNc1nc(Nc2cc(F)c(-c3cnn(C4COC4)c3)cc2OC)ncc1C(F)(F)F. The quantitative estimate of drug-likeness (QED) is 0.565. The fourth-order valence-electron chi connectivity index (χ4n) is 3.05. The lowest BCUT2D eigenvalue weighted by Gasteiger charge is -2.25. The molecule has 4 rings (SSSR count). The molecular formula is C19H18F4N6O2. The van der Waals surface area contributed by atoms with E-state index >= 15 is 0 Å². The smallest absolute Gasteiger partial charge is 0.421 e. The van der Waals surface area contributed by atoms with Crippen molar-refractivity contribution in [1.29, 1.82) is 0 Å². The van der Waals surface area contributed by atoms with Crippen molar-refractivity contribution in [3.05, 3.63) is 42.1 Å². The Morgan fingerprint density at radius 3 is 2.61 bits per heavy atom. The van der Waals surface area contributed by atoms with Gasteiger partial charge in [0.1, 0.15) is 22.9 Å². The molecule has 0 aliphatic carbocycles. The summed E-state index contributed by atoms with van der Waals surface area (Å²) < 4.78 is 66.1. The normalized spacial score (nSPS) is 14.3. The molecule has 8 nitrogen and oxygen atoms in total. The molecule has 1 saturated heterocycles. The number of hydrogen-bond donors (Lipinski definition) is 2. The van der Waals surface area contributed by atoms with Crippen LogP contribution >= 0.6 is 0 Å². The average molecular weight is 438 g/mol. The molecule has 0 radical (unpaired) electrons. The van der Waals surface area contributed by atoms with Gasteiger partial charge in [0.05, 0.1) is 38.2 Å². The second-order valence-corrected chi connectivity index (χ2v) is 6.76.